The molecule has 0 aliphatic carbocycles. The molecule has 0 aromatic rings. The molecule has 13 heavy (non-hydrogen) atoms. The van der Waals surface area contributed by atoms with Gasteiger partial charge >= 0.3 is 5.97 Å². The average Bonchev–Trinajstić information content (AvgIpc) is 1.98. The Hall–Kier alpha value is -0.830. The van der Waals surface area contributed by atoms with Crippen LogP contribution in [0.1, 0.15) is 12.8 Å². The van der Waals surface area contributed by atoms with Crippen molar-refractivity contribution in [3.63, 3.8) is 0 Å². The lowest BCUT2D eigenvalue weighted by atomic mass is 10.3. The normalized spacial score (nSPS) is 11.0. The zero-order valence-corrected chi connectivity index (χ0v) is 8.88. The third-order valence-electron chi connectivity index (χ3n) is 1.58. The van der Waals surface area contributed by atoms with Crippen LogP contribution in [0.3, 0.4) is 0 Å². The summed E-state index contributed by atoms with van der Waals surface area (Å²) in [6.07, 6.45) is 2.87. The molecule has 0 aromatic heterocycles. The van der Waals surface area contributed by atoms with E-state index in [2.05, 4.69) is 27.7 Å². The van der Waals surface area contributed by atoms with Crippen LogP contribution in [-0.4, -0.2) is 44.7 Å². The Morgan fingerprint density at radius 1 is 1.46 bits per heavy atom. The van der Waals surface area contributed by atoms with E-state index in [-0.39, 0.29) is 5.97 Å². The summed E-state index contributed by atoms with van der Waals surface area (Å²) in [5, 5.41) is 0. The first-order valence-electron chi connectivity index (χ1n) is 4.52. The number of allylic oxidation sites excluding steroid dienone is 1. The zero-order valence-electron chi connectivity index (χ0n) is 8.88. The van der Waals surface area contributed by atoms with E-state index < -0.39 is 0 Å². The van der Waals surface area contributed by atoms with Crippen molar-refractivity contribution in [3.05, 3.63) is 12.7 Å². The van der Waals surface area contributed by atoms with Crippen molar-refractivity contribution in [2.75, 3.05) is 34.3 Å². The van der Waals surface area contributed by atoms with E-state index in [9.17, 15) is 4.79 Å². The van der Waals surface area contributed by atoms with Crippen molar-refractivity contribution >= 4 is 5.97 Å². The molecule has 3 heteroatoms. The van der Waals surface area contributed by atoms with Gasteiger partial charge in [0.15, 0.2) is 0 Å². The van der Waals surface area contributed by atoms with Crippen molar-refractivity contribution in [2.45, 2.75) is 12.8 Å². The minimum absolute atomic E-state index is 0.131. The topological polar surface area (TPSA) is 26.3 Å². The number of carbonyl (C=O) groups is 1. The maximum Gasteiger partial charge on any atom is 0.306 e. The van der Waals surface area contributed by atoms with E-state index in [1.807, 2.05) is 0 Å². The molecule has 0 N–H and O–H groups in total. The van der Waals surface area contributed by atoms with Crippen LogP contribution in [0.2, 0.25) is 0 Å². The number of hydrogen-bond donors (Lipinski definition) is 0. The van der Waals surface area contributed by atoms with Crippen molar-refractivity contribution in [3.8, 4) is 0 Å². The second kappa shape index (κ2) is 5.75. The highest BCUT2D eigenvalue weighted by molar-refractivity contribution is 5.69. The molecule has 0 radical (unpaired) electrons. The molecule has 0 fully saturated rings. The second-order valence-electron chi connectivity index (χ2n) is 4.06. The number of ether oxygens (including phenoxy) is 1. The number of carbonyl (C=O) groups excluding carboxylic acids is 1. The van der Waals surface area contributed by atoms with E-state index in [4.69, 9.17) is 4.74 Å². The molecule has 0 aliphatic heterocycles. The lowest BCUT2D eigenvalue weighted by Crippen LogP contribution is -2.37. The van der Waals surface area contributed by atoms with Gasteiger partial charge in [-0.15, -0.1) is 6.58 Å². The molecule has 0 saturated heterocycles. The quantitative estimate of drug-likeness (QED) is 0.354. The summed E-state index contributed by atoms with van der Waals surface area (Å²) >= 11 is 0. The molecule has 0 amide bonds. The van der Waals surface area contributed by atoms with Crippen LogP contribution in [0.5, 0.6) is 0 Å². The maximum atomic E-state index is 11.0. The van der Waals surface area contributed by atoms with Gasteiger partial charge in [-0.2, -0.15) is 0 Å². The van der Waals surface area contributed by atoms with Gasteiger partial charge in [0.05, 0.1) is 21.1 Å². The van der Waals surface area contributed by atoms with E-state index in [1.165, 1.54) is 0 Å². The first-order valence-corrected chi connectivity index (χ1v) is 4.52. The van der Waals surface area contributed by atoms with E-state index in [1.54, 1.807) is 6.08 Å². The fourth-order valence-electron chi connectivity index (χ4n) is 0.725. The summed E-state index contributed by atoms with van der Waals surface area (Å²) in [5.74, 6) is -0.131. The molecule has 0 unspecified atom stereocenters. The highest BCUT2D eigenvalue weighted by Crippen LogP contribution is 1.95. The molecular formula is C10H20NO2+. The monoisotopic (exact) mass is 186 g/mol. The molecule has 76 valence electrons. The smallest absolute Gasteiger partial charge is 0.306 e. The first kappa shape index (κ1) is 12.2. The first-order chi connectivity index (χ1) is 5.95. The highest BCUT2D eigenvalue weighted by Gasteiger charge is 2.08. The average molecular weight is 186 g/mol. The molecule has 0 atom stereocenters. The molecule has 0 aliphatic rings. The van der Waals surface area contributed by atoms with Gasteiger partial charge in [0, 0.05) is 6.42 Å². The van der Waals surface area contributed by atoms with Crippen LogP contribution in [0, 0.1) is 0 Å². The Kier molecular flexibility index (Phi) is 5.39. The van der Waals surface area contributed by atoms with Crippen LogP contribution >= 0.6 is 0 Å². The zero-order chi connectivity index (χ0) is 10.3. The van der Waals surface area contributed by atoms with Gasteiger partial charge in [0.2, 0.25) is 0 Å². The summed E-state index contributed by atoms with van der Waals surface area (Å²) in [4.78, 5) is 11.0. The van der Waals surface area contributed by atoms with Gasteiger partial charge in [-0.25, -0.2) is 0 Å². The minimum atomic E-state index is -0.131. The molecule has 0 saturated carbocycles. The third kappa shape index (κ3) is 9.08. The van der Waals surface area contributed by atoms with Crippen LogP contribution in [0.4, 0.5) is 0 Å². The van der Waals surface area contributed by atoms with Crippen LogP contribution < -0.4 is 0 Å². The van der Waals surface area contributed by atoms with Crippen molar-refractivity contribution < 1.29 is 14.0 Å². The number of nitrogens with zero attached hydrogens (tertiary/aromatic N) is 1. The fraction of sp³-hybridized carbons (Fsp3) is 0.700. The molecular weight excluding hydrogens is 166 g/mol. The van der Waals surface area contributed by atoms with Crippen LogP contribution in [-0.2, 0) is 9.53 Å². The number of esters is 1. The molecule has 0 aromatic carbocycles. The maximum absolute atomic E-state index is 11.0. The van der Waals surface area contributed by atoms with E-state index >= 15 is 0 Å². The third-order valence-corrected chi connectivity index (χ3v) is 1.58. The number of hydrogen-bond acceptors (Lipinski definition) is 2. The lowest BCUT2D eigenvalue weighted by Gasteiger charge is -2.23. The van der Waals surface area contributed by atoms with Crippen LogP contribution in [0.25, 0.3) is 0 Å². The van der Waals surface area contributed by atoms with Gasteiger partial charge in [-0.1, -0.05) is 6.08 Å². The largest absolute Gasteiger partial charge is 0.460 e. The van der Waals surface area contributed by atoms with Gasteiger partial charge < -0.3 is 9.22 Å². The van der Waals surface area contributed by atoms with Gasteiger partial charge in [0.25, 0.3) is 0 Å². The summed E-state index contributed by atoms with van der Waals surface area (Å²) in [5.41, 5.74) is 0. The second-order valence-corrected chi connectivity index (χ2v) is 4.06. The number of quaternary nitrogens is 1. The molecule has 0 heterocycles. The SMILES string of the molecule is C=CCCC(=O)OCC[N+](C)(C)C. The Morgan fingerprint density at radius 3 is 2.54 bits per heavy atom. The minimum Gasteiger partial charge on any atom is -0.460 e. The fourth-order valence-corrected chi connectivity index (χ4v) is 0.725. The summed E-state index contributed by atoms with van der Waals surface area (Å²) in [6, 6.07) is 0. The summed E-state index contributed by atoms with van der Waals surface area (Å²) < 4.78 is 5.83. The Morgan fingerprint density at radius 2 is 2.08 bits per heavy atom. The summed E-state index contributed by atoms with van der Waals surface area (Å²) in [6.45, 7) is 4.89. The van der Waals surface area contributed by atoms with E-state index in [0.717, 1.165) is 11.0 Å². The van der Waals surface area contributed by atoms with Crippen molar-refractivity contribution in [1.82, 2.24) is 0 Å². The standard InChI is InChI=1S/C10H20NO2/c1-5-6-7-10(12)13-9-8-11(2,3)4/h5H,1,6-9H2,2-4H3/q+1. The van der Waals surface area contributed by atoms with Crippen LogP contribution in [0.15, 0.2) is 12.7 Å². The molecule has 3 nitrogen and oxygen atoms in total. The van der Waals surface area contributed by atoms with Gasteiger partial charge in [0.1, 0.15) is 13.2 Å². The van der Waals surface area contributed by atoms with Gasteiger partial charge in [-0.05, 0) is 6.42 Å². The highest BCUT2D eigenvalue weighted by atomic mass is 16.5. The summed E-state index contributed by atoms with van der Waals surface area (Å²) in [7, 11) is 6.20. The number of rotatable bonds is 6. The van der Waals surface area contributed by atoms with Crippen molar-refractivity contribution in [1.29, 1.82) is 0 Å². The lowest BCUT2D eigenvalue weighted by molar-refractivity contribution is -0.870. The Bertz CT molecular complexity index is 170. The molecule has 0 bridgehead atoms. The van der Waals surface area contributed by atoms with Crippen molar-refractivity contribution in [2.24, 2.45) is 0 Å². The molecule has 0 rings (SSSR count). The number of likely N-dealkylation sites (N-methyl/N-ethyl adjacent to an activating group) is 1. The van der Waals surface area contributed by atoms with E-state index in [0.29, 0.717) is 19.4 Å². The Labute approximate surface area is 80.6 Å². The predicted octanol–water partition coefficient (Wildman–Crippen LogP) is 1.20. The predicted molar refractivity (Wildman–Crippen MR) is 53.3 cm³/mol. The Balaban J connectivity index is 3.42. The van der Waals surface area contributed by atoms with Gasteiger partial charge in [-0.3, -0.25) is 4.79 Å². The molecule has 0 spiro atoms.